The standard InChI is InChI=1S/C33H33N5O3.C25H27N5O/c1-36-30-11-14-34-19-29(30)28-9-7-24(17-31(28)36)25-8-10-32(35-18-25)38-20-27(21-38)41-26-12-15-37(16-13-26)33(39)40-22-23-5-3-2-4-6-23;1-29-23-8-11-27-14-22(23)21-4-2-17(12-24(21)29)18-3-5-25(28-13-18)30-15-20(16-30)31-19-6-9-26-10-7-19/h2-11,14,17-19,26-27H,12-13,15-16,20-22H2,1H3;2-5,8,11-14,19-20,26H,6-7,9-10,15-16H2,1H3. The van der Waals surface area contributed by atoms with Crippen LogP contribution in [0.15, 0.2) is 140 Å². The fourth-order valence-corrected chi connectivity index (χ4v) is 10.8. The SMILES string of the molecule is Cn1c2ccncc2c2ccc(-c3ccc(N4CC(OC5CCN(C(=O)OCc6ccccc6)CC5)C4)nc3)cc21.Cn1c2ccncc2c2ccc(-c3ccc(N4CC(OC5CCNCC5)C4)nc3)cc21. The fraction of sp³-hybridized carbons (Fsp3) is 0.328. The molecule has 10 heterocycles. The van der Waals surface area contributed by atoms with E-state index in [0.717, 1.165) is 98.8 Å². The van der Waals surface area contributed by atoms with Gasteiger partial charge in [0.05, 0.1) is 35.4 Å². The first-order chi connectivity index (χ1) is 35.4. The predicted octanol–water partition coefficient (Wildman–Crippen LogP) is 9.54. The molecule has 3 aromatic carbocycles. The van der Waals surface area contributed by atoms with Gasteiger partial charge >= 0.3 is 6.09 Å². The second-order valence-electron chi connectivity index (χ2n) is 19.7. The molecule has 366 valence electrons. The number of ether oxygens (including phenoxy) is 3. The van der Waals surface area contributed by atoms with E-state index >= 15 is 0 Å². The monoisotopic (exact) mass is 960 g/mol. The van der Waals surface area contributed by atoms with Crippen molar-refractivity contribution >= 4 is 61.3 Å². The zero-order valence-corrected chi connectivity index (χ0v) is 40.9. The van der Waals surface area contributed by atoms with E-state index in [2.05, 4.69) is 121 Å². The third-order valence-electron chi connectivity index (χ3n) is 15.1. The summed E-state index contributed by atoms with van der Waals surface area (Å²) in [5, 5.41) is 8.21. The topological polar surface area (TPSA) is 128 Å². The molecule has 4 aliphatic rings. The highest BCUT2D eigenvalue weighted by molar-refractivity contribution is 6.09. The van der Waals surface area contributed by atoms with Crippen LogP contribution in [0, 0.1) is 0 Å². The molecule has 0 radical (unpaired) electrons. The number of nitrogens with zero attached hydrogens (tertiary/aromatic N) is 9. The van der Waals surface area contributed by atoms with Crippen molar-refractivity contribution in [3.05, 3.63) is 146 Å². The Kier molecular flexibility index (Phi) is 12.7. The minimum Gasteiger partial charge on any atom is -0.445 e. The van der Waals surface area contributed by atoms with Gasteiger partial charge in [0.15, 0.2) is 0 Å². The molecule has 4 fully saturated rings. The van der Waals surface area contributed by atoms with Crippen LogP contribution >= 0.6 is 0 Å². The highest BCUT2D eigenvalue weighted by Gasteiger charge is 2.34. The number of nitrogens with one attached hydrogen (secondary N) is 1. The van der Waals surface area contributed by atoms with Crippen molar-refractivity contribution in [1.29, 1.82) is 0 Å². The summed E-state index contributed by atoms with van der Waals surface area (Å²) in [6.07, 6.45) is 16.3. The van der Waals surface area contributed by atoms with Crippen LogP contribution in [0.25, 0.3) is 65.9 Å². The zero-order valence-electron chi connectivity index (χ0n) is 40.9. The average Bonchev–Trinajstić information content (AvgIpc) is 3.87. The number of likely N-dealkylation sites (tertiary alicyclic amines) is 1. The number of carbonyl (C=O) groups excluding carboxylic acids is 1. The van der Waals surface area contributed by atoms with Crippen molar-refractivity contribution in [2.45, 2.75) is 56.7 Å². The molecular weight excluding hydrogens is 901 g/mol. The number of aromatic nitrogens is 6. The molecule has 9 aromatic rings. The lowest BCUT2D eigenvalue weighted by Crippen LogP contribution is -2.54. The maximum absolute atomic E-state index is 12.4. The smallest absolute Gasteiger partial charge is 0.410 e. The van der Waals surface area contributed by atoms with Crippen molar-refractivity contribution < 1.29 is 19.0 Å². The summed E-state index contributed by atoms with van der Waals surface area (Å²) in [5.74, 6) is 2.01. The fourth-order valence-electron chi connectivity index (χ4n) is 10.8. The van der Waals surface area contributed by atoms with Crippen molar-refractivity contribution in [2.24, 2.45) is 14.1 Å². The molecule has 1 amide bonds. The van der Waals surface area contributed by atoms with E-state index in [-0.39, 0.29) is 18.3 Å². The van der Waals surface area contributed by atoms with Crippen molar-refractivity contribution in [2.75, 3.05) is 62.2 Å². The summed E-state index contributed by atoms with van der Waals surface area (Å²) in [5.41, 5.74) is 10.3. The first-order valence-corrected chi connectivity index (χ1v) is 25.4. The molecule has 4 saturated heterocycles. The number of carbonyl (C=O) groups is 1. The maximum atomic E-state index is 12.4. The van der Waals surface area contributed by atoms with Gasteiger partial charge in [0, 0.05) is 134 Å². The molecule has 0 aliphatic carbocycles. The summed E-state index contributed by atoms with van der Waals surface area (Å²) in [7, 11) is 4.21. The molecule has 14 heteroatoms. The number of hydrogen-bond donors (Lipinski definition) is 1. The normalized spacial score (nSPS) is 17.1. The highest BCUT2D eigenvalue weighted by Crippen LogP contribution is 2.34. The summed E-state index contributed by atoms with van der Waals surface area (Å²) in [6, 6.07) is 35.6. The Morgan fingerprint density at radius 1 is 0.542 bits per heavy atom. The van der Waals surface area contributed by atoms with Gasteiger partial charge < -0.3 is 43.4 Å². The summed E-state index contributed by atoms with van der Waals surface area (Å²) >= 11 is 0. The maximum Gasteiger partial charge on any atom is 0.410 e. The Morgan fingerprint density at radius 2 is 1.04 bits per heavy atom. The van der Waals surface area contributed by atoms with Crippen LogP contribution in [0.4, 0.5) is 16.4 Å². The number of rotatable bonds is 10. The molecule has 0 spiro atoms. The Morgan fingerprint density at radius 3 is 1.54 bits per heavy atom. The molecule has 0 unspecified atom stereocenters. The summed E-state index contributed by atoms with van der Waals surface area (Å²) in [4.78, 5) is 36.9. The lowest BCUT2D eigenvalue weighted by molar-refractivity contribution is -0.0517. The average molecular weight is 961 g/mol. The number of fused-ring (bicyclic) bond motifs is 6. The Balaban J connectivity index is 0.000000153. The van der Waals surface area contributed by atoms with Crippen molar-refractivity contribution in [1.82, 2.24) is 39.3 Å². The number of aryl methyl sites for hydroxylation is 2. The van der Waals surface area contributed by atoms with Crippen LogP contribution in [0.3, 0.4) is 0 Å². The van der Waals surface area contributed by atoms with Gasteiger partial charge in [-0.15, -0.1) is 0 Å². The number of piperidine rings is 2. The Bertz CT molecular complexity index is 3330. The van der Waals surface area contributed by atoms with E-state index in [1.165, 1.54) is 49.2 Å². The summed E-state index contributed by atoms with van der Waals surface area (Å²) < 4.78 is 22.5. The van der Waals surface area contributed by atoms with Crippen molar-refractivity contribution in [3.63, 3.8) is 0 Å². The Labute approximate surface area is 419 Å². The van der Waals surface area contributed by atoms with E-state index in [0.29, 0.717) is 31.9 Å². The molecule has 4 aliphatic heterocycles. The predicted molar refractivity (Wildman–Crippen MR) is 284 cm³/mol. The van der Waals surface area contributed by atoms with Gasteiger partial charge in [0.25, 0.3) is 0 Å². The molecule has 0 bridgehead atoms. The minimum absolute atomic E-state index is 0.176. The van der Waals surface area contributed by atoms with Gasteiger partial charge in [-0.1, -0.05) is 54.6 Å². The third-order valence-corrected chi connectivity index (χ3v) is 15.1. The molecular formula is C58H60N10O4. The second kappa shape index (κ2) is 20.0. The lowest BCUT2D eigenvalue weighted by atomic mass is 10.0. The van der Waals surface area contributed by atoms with E-state index in [1.807, 2.05) is 67.5 Å². The number of benzene rings is 3. The van der Waals surface area contributed by atoms with E-state index < -0.39 is 0 Å². The van der Waals surface area contributed by atoms with Gasteiger partial charge in [-0.25, -0.2) is 14.8 Å². The van der Waals surface area contributed by atoms with Gasteiger partial charge in [-0.2, -0.15) is 0 Å². The van der Waals surface area contributed by atoms with E-state index in [4.69, 9.17) is 24.2 Å². The highest BCUT2D eigenvalue weighted by atomic mass is 16.6. The number of hydrogen-bond acceptors (Lipinski definition) is 11. The first kappa shape index (κ1) is 45.7. The Hall–Kier alpha value is -7.39. The second-order valence-corrected chi connectivity index (χ2v) is 19.7. The number of pyridine rings is 4. The minimum atomic E-state index is -0.244. The molecule has 0 saturated carbocycles. The zero-order chi connectivity index (χ0) is 48.5. The number of amides is 1. The number of anilines is 2. The van der Waals surface area contributed by atoms with Crippen LogP contribution in [0.1, 0.15) is 31.2 Å². The van der Waals surface area contributed by atoms with Crippen LogP contribution in [0.5, 0.6) is 0 Å². The van der Waals surface area contributed by atoms with Crippen LogP contribution in [-0.2, 0) is 34.9 Å². The van der Waals surface area contributed by atoms with Crippen molar-refractivity contribution in [3.8, 4) is 22.3 Å². The van der Waals surface area contributed by atoms with Gasteiger partial charge in [-0.3, -0.25) is 9.97 Å². The molecule has 14 nitrogen and oxygen atoms in total. The van der Waals surface area contributed by atoms with Gasteiger partial charge in [0.2, 0.25) is 0 Å². The molecule has 72 heavy (non-hydrogen) atoms. The molecule has 13 rings (SSSR count). The third kappa shape index (κ3) is 9.33. The molecule has 6 aromatic heterocycles. The van der Waals surface area contributed by atoms with Crippen LogP contribution < -0.4 is 15.1 Å². The lowest BCUT2D eigenvalue weighted by Gasteiger charge is -2.42. The molecule has 0 atom stereocenters. The quantitative estimate of drug-likeness (QED) is 0.141. The first-order valence-electron chi connectivity index (χ1n) is 25.4. The van der Waals surface area contributed by atoms with E-state index in [1.54, 1.807) is 4.90 Å². The molecule has 1 N–H and O–H groups in total. The van der Waals surface area contributed by atoms with E-state index in [9.17, 15) is 4.79 Å². The van der Waals surface area contributed by atoms with Gasteiger partial charge in [-0.05, 0) is 104 Å². The van der Waals surface area contributed by atoms with Crippen LogP contribution in [0.2, 0.25) is 0 Å². The van der Waals surface area contributed by atoms with Crippen LogP contribution in [-0.4, -0.2) is 117 Å². The largest absolute Gasteiger partial charge is 0.445 e. The van der Waals surface area contributed by atoms with Gasteiger partial charge in [0.1, 0.15) is 18.2 Å². The summed E-state index contributed by atoms with van der Waals surface area (Å²) in [6.45, 7) is 7.33.